The van der Waals surface area contributed by atoms with Crippen LogP contribution in [0.4, 0.5) is 0 Å². The molecule has 0 spiro atoms. The number of fused-ring (bicyclic) bond motifs is 1. The number of aliphatic hydroxyl groups excluding tert-OH is 1. The molecule has 124 valence electrons. The van der Waals surface area contributed by atoms with Crippen LogP contribution in [0.15, 0.2) is 6.33 Å². The number of carboxylic acid groups (broad SMARTS) is 1. The Bertz CT molecular complexity index is 743. The summed E-state index contributed by atoms with van der Waals surface area (Å²) in [6.45, 7) is 5.27. The molecule has 0 bridgehead atoms. The molecule has 0 radical (unpaired) electrons. The van der Waals surface area contributed by atoms with Crippen LogP contribution >= 0.6 is 11.3 Å². The number of hydrogen-bond donors (Lipinski definition) is 3. The Kier molecular flexibility index (Phi) is 5.12. The van der Waals surface area contributed by atoms with E-state index in [0.29, 0.717) is 33.1 Å². The number of nitrogens with zero attached hydrogens (tertiary/aromatic N) is 2. The van der Waals surface area contributed by atoms with Gasteiger partial charge in [-0.1, -0.05) is 0 Å². The average molecular weight is 339 g/mol. The monoisotopic (exact) mass is 339 g/mol. The number of hydrogen-bond acceptors (Lipinski definition) is 7. The molecule has 0 aliphatic carbocycles. The van der Waals surface area contributed by atoms with Gasteiger partial charge in [0.15, 0.2) is 6.04 Å². The number of aliphatic carboxylic acids is 1. The van der Waals surface area contributed by atoms with Crippen molar-refractivity contribution >= 4 is 33.4 Å². The van der Waals surface area contributed by atoms with Crippen LogP contribution in [0.1, 0.15) is 29.1 Å². The number of thiophene rings is 1. The number of ether oxygens (including phenoxy) is 1. The summed E-state index contributed by atoms with van der Waals surface area (Å²) in [5.41, 5.74) is 0.612. The molecule has 2 aromatic heterocycles. The second-order valence-electron chi connectivity index (χ2n) is 4.88. The SMILES string of the molecule is CCOc1ncnc2sc(C(=O)NC(C(=O)O)C(C)O)c(C)c12. The zero-order valence-electron chi connectivity index (χ0n) is 12.9. The number of nitrogens with one attached hydrogen (secondary N) is 1. The third kappa shape index (κ3) is 3.40. The lowest BCUT2D eigenvalue weighted by Crippen LogP contribution is -2.47. The van der Waals surface area contributed by atoms with Crippen LogP contribution in [0.3, 0.4) is 0 Å². The minimum absolute atomic E-state index is 0.313. The molecule has 2 aromatic rings. The first kappa shape index (κ1) is 17.1. The van der Waals surface area contributed by atoms with E-state index in [1.54, 1.807) is 6.92 Å². The molecular weight excluding hydrogens is 322 g/mol. The first-order valence-corrected chi connectivity index (χ1v) is 7.77. The fraction of sp³-hybridized carbons (Fsp3) is 0.429. The second kappa shape index (κ2) is 6.88. The van der Waals surface area contributed by atoms with Gasteiger partial charge in [-0.3, -0.25) is 4.79 Å². The summed E-state index contributed by atoms with van der Waals surface area (Å²) < 4.78 is 5.44. The molecule has 3 N–H and O–H groups in total. The van der Waals surface area contributed by atoms with Gasteiger partial charge in [-0.15, -0.1) is 11.3 Å². The Hall–Kier alpha value is -2.26. The number of rotatable bonds is 6. The van der Waals surface area contributed by atoms with Gasteiger partial charge in [0.2, 0.25) is 5.88 Å². The number of amides is 1. The number of aliphatic hydroxyl groups is 1. The van der Waals surface area contributed by atoms with Crippen LogP contribution in [0.2, 0.25) is 0 Å². The van der Waals surface area contributed by atoms with Crippen LogP contribution in [0.25, 0.3) is 10.2 Å². The summed E-state index contributed by atoms with van der Waals surface area (Å²) in [5, 5.41) is 21.5. The van der Waals surface area contributed by atoms with E-state index in [-0.39, 0.29) is 0 Å². The van der Waals surface area contributed by atoms with Crippen molar-refractivity contribution < 1.29 is 24.5 Å². The van der Waals surface area contributed by atoms with Crippen LogP contribution in [-0.4, -0.2) is 50.8 Å². The molecule has 2 atom stereocenters. The molecule has 0 saturated carbocycles. The molecular formula is C14H17N3O5S. The van der Waals surface area contributed by atoms with E-state index >= 15 is 0 Å². The highest BCUT2D eigenvalue weighted by Gasteiger charge is 2.28. The largest absolute Gasteiger partial charge is 0.480 e. The molecule has 0 aromatic carbocycles. The summed E-state index contributed by atoms with van der Waals surface area (Å²) in [7, 11) is 0. The van der Waals surface area contributed by atoms with Crippen molar-refractivity contribution in [3.8, 4) is 5.88 Å². The van der Waals surface area contributed by atoms with Gasteiger partial charge in [0.1, 0.15) is 11.2 Å². The Morgan fingerprint density at radius 3 is 2.70 bits per heavy atom. The van der Waals surface area contributed by atoms with E-state index < -0.39 is 24.0 Å². The Balaban J connectivity index is 2.40. The van der Waals surface area contributed by atoms with Crippen molar-refractivity contribution in [2.24, 2.45) is 0 Å². The fourth-order valence-electron chi connectivity index (χ4n) is 2.10. The van der Waals surface area contributed by atoms with Crippen molar-refractivity contribution in [3.05, 3.63) is 16.8 Å². The van der Waals surface area contributed by atoms with Crippen molar-refractivity contribution in [2.75, 3.05) is 6.61 Å². The Labute approximate surface area is 136 Å². The summed E-state index contributed by atoms with van der Waals surface area (Å²) in [6, 6.07) is -1.38. The zero-order chi connectivity index (χ0) is 17.1. The van der Waals surface area contributed by atoms with Crippen molar-refractivity contribution in [3.63, 3.8) is 0 Å². The van der Waals surface area contributed by atoms with E-state index in [1.807, 2.05) is 6.92 Å². The molecule has 23 heavy (non-hydrogen) atoms. The summed E-state index contributed by atoms with van der Waals surface area (Å²) in [4.78, 5) is 32.5. The van der Waals surface area contributed by atoms with E-state index in [2.05, 4.69) is 15.3 Å². The topological polar surface area (TPSA) is 122 Å². The van der Waals surface area contributed by atoms with Crippen LogP contribution in [-0.2, 0) is 4.79 Å². The number of carbonyl (C=O) groups is 2. The van der Waals surface area contributed by atoms with E-state index in [1.165, 1.54) is 13.3 Å². The van der Waals surface area contributed by atoms with Crippen molar-refractivity contribution in [1.82, 2.24) is 15.3 Å². The molecule has 2 heterocycles. The Morgan fingerprint density at radius 1 is 1.43 bits per heavy atom. The maximum atomic E-state index is 12.4. The predicted octanol–water partition coefficient (Wildman–Crippen LogP) is 0.962. The molecule has 0 saturated heterocycles. The first-order valence-electron chi connectivity index (χ1n) is 6.95. The maximum Gasteiger partial charge on any atom is 0.328 e. The highest BCUT2D eigenvalue weighted by molar-refractivity contribution is 7.20. The van der Waals surface area contributed by atoms with Gasteiger partial charge < -0.3 is 20.3 Å². The summed E-state index contributed by atoms with van der Waals surface area (Å²) >= 11 is 1.12. The van der Waals surface area contributed by atoms with E-state index in [4.69, 9.17) is 9.84 Å². The molecule has 1 amide bonds. The molecule has 2 unspecified atom stereocenters. The third-order valence-corrected chi connectivity index (χ3v) is 4.41. The van der Waals surface area contributed by atoms with Crippen LogP contribution < -0.4 is 10.1 Å². The van der Waals surface area contributed by atoms with E-state index in [9.17, 15) is 14.7 Å². The first-order chi connectivity index (χ1) is 10.9. The minimum Gasteiger partial charge on any atom is -0.480 e. The normalized spacial score (nSPS) is 13.6. The second-order valence-corrected chi connectivity index (χ2v) is 5.88. The third-order valence-electron chi connectivity index (χ3n) is 3.21. The van der Waals surface area contributed by atoms with Crippen LogP contribution in [0, 0.1) is 6.92 Å². The highest BCUT2D eigenvalue weighted by Crippen LogP contribution is 2.34. The van der Waals surface area contributed by atoms with Gasteiger partial charge in [0.25, 0.3) is 5.91 Å². The van der Waals surface area contributed by atoms with Gasteiger partial charge in [-0.2, -0.15) is 0 Å². The van der Waals surface area contributed by atoms with Gasteiger partial charge in [-0.05, 0) is 26.3 Å². The van der Waals surface area contributed by atoms with Crippen molar-refractivity contribution in [1.29, 1.82) is 0 Å². The van der Waals surface area contributed by atoms with Crippen molar-refractivity contribution in [2.45, 2.75) is 32.9 Å². The average Bonchev–Trinajstić information content (AvgIpc) is 2.82. The number of carboxylic acids is 1. The van der Waals surface area contributed by atoms with Crippen LogP contribution in [0.5, 0.6) is 5.88 Å². The summed E-state index contributed by atoms with van der Waals surface area (Å²) in [5.74, 6) is -1.50. The number of aryl methyl sites for hydroxylation is 1. The fourth-order valence-corrected chi connectivity index (χ4v) is 3.14. The standard InChI is InChI=1S/C14H17N3O5S/c1-4-22-12-8-6(2)10(23-13(8)16-5-15-12)11(19)17-9(7(3)18)14(20)21/h5,7,9,18H,4H2,1-3H3,(H,17,19)(H,20,21). The van der Waals surface area contributed by atoms with Gasteiger partial charge >= 0.3 is 5.97 Å². The molecule has 0 fully saturated rings. The quantitative estimate of drug-likeness (QED) is 0.716. The molecule has 0 aliphatic rings. The number of carbonyl (C=O) groups excluding carboxylic acids is 1. The molecule has 0 aliphatic heterocycles. The van der Waals surface area contributed by atoms with Gasteiger partial charge in [0, 0.05) is 0 Å². The summed E-state index contributed by atoms with van der Waals surface area (Å²) in [6.07, 6.45) is 0.130. The lowest BCUT2D eigenvalue weighted by atomic mass is 10.1. The lowest BCUT2D eigenvalue weighted by Gasteiger charge is -2.16. The molecule has 9 heteroatoms. The number of aromatic nitrogens is 2. The smallest absolute Gasteiger partial charge is 0.328 e. The maximum absolute atomic E-state index is 12.4. The lowest BCUT2D eigenvalue weighted by molar-refractivity contribution is -0.141. The predicted molar refractivity (Wildman–Crippen MR) is 83.9 cm³/mol. The highest BCUT2D eigenvalue weighted by atomic mass is 32.1. The molecule has 8 nitrogen and oxygen atoms in total. The van der Waals surface area contributed by atoms with Gasteiger partial charge in [-0.25, -0.2) is 14.8 Å². The molecule has 2 rings (SSSR count). The zero-order valence-corrected chi connectivity index (χ0v) is 13.7. The Morgan fingerprint density at radius 2 is 2.13 bits per heavy atom. The van der Waals surface area contributed by atoms with E-state index in [0.717, 1.165) is 11.3 Å². The minimum atomic E-state index is -1.38. The van der Waals surface area contributed by atoms with Gasteiger partial charge in [0.05, 0.1) is 23.0 Å².